The summed E-state index contributed by atoms with van der Waals surface area (Å²) in [5.74, 6) is -3.83. The molecule has 0 bridgehead atoms. The van der Waals surface area contributed by atoms with Crippen molar-refractivity contribution in [3.8, 4) is 5.69 Å². The van der Waals surface area contributed by atoms with E-state index in [1.165, 1.54) is 0 Å². The SMILES string of the molecule is COC(=O)C1=NN(c2cc(S(=O)(=O)[O-])ccc2S(=O)(=O)[O-])C(=O)\C1=C/C=C/C=C/c1c(C(=O)OC)[nH]n(-c2cc(S(=O)(=O)[O-])ccc2S(=O)(=O)[O-])c1=O.[K+].[K+].[K+].[K+]. The first-order valence-electron chi connectivity index (χ1n) is 13.5. The van der Waals surface area contributed by atoms with Crippen LogP contribution in [0.2, 0.25) is 0 Å². The summed E-state index contributed by atoms with van der Waals surface area (Å²) in [5, 5.41) is 5.99. The van der Waals surface area contributed by atoms with Crippen molar-refractivity contribution in [3.05, 3.63) is 87.9 Å². The fourth-order valence-electron chi connectivity index (χ4n) is 4.44. The van der Waals surface area contributed by atoms with E-state index in [0.29, 0.717) is 36.4 Å². The van der Waals surface area contributed by atoms with E-state index in [2.05, 4.69) is 19.7 Å². The summed E-state index contributed by atoms with van der Waals surface area (Å²) in [6.45, 7) is 0. The number of allylic oxidation sites excluding steroid dienone is 4. The largest absolute Gasteiger partial charge is 1.00 e. The Kier molecular flexibility index (Phi) is 23.4. The van der Waals surface area contributed by atoms with Crippen LogP contribution in [0.25, 0.3) is 11.8 Å². The maximum absolute atomic E-state index is 13.3. The van der Waals surface area contributed by atoms with Crippen LogP contribution < -0.4 is 216 Å². The van der Waals surface area contributed by atoms with Gasteiger partial charge < -0.3 is 27.7 Å². The molecule has 0 atom stereocenters. The number of ether oxygens (including phenoxy) is 2. The Hall–Kier alpha value is 0.935. The molecule has 0 fully saturated rings. The van der Waals surface area contributed by atoms with Gasteiger partial charge in [0.1, 0.15) is 40.5 Å². The third-order valence-electron chi connectivity index (χ3n) is 6.77. The third kappa shape index (κ3) is 14.0. The Morgan fingerprint density at radius 3 is 1.61 bits per heavy atom. The molecule has 3 aromatic rings. The molecule has 1 aliphatic rings. The van der Waals surface area contributed by atoms with Crippen molar-refractivity contribution in [1.29, 1.82) is 0 Å². The van der Waals surface area contributed by atoms with E-state index >= 15 is 0 Å². The van der Waals surface area contributed by atoms with Gasteiger partial charge >= 0.3 is 217 Å². The van der Waals surface area contributed by atoms with Crippen LogP contribution in [-0.2, 0) is 59.5 Å². The van der Waals surface area contributed by atoms with E-state index < -0.39 is 117 Å². The molecule has 0 aliphatic carbocycles. The average molecular weight is 971 g/mol. The van der Waals surface area contributed by atoms with Crippen LogP contribution >= 0.6 is 0 Å². The molecule has 1 aromatic heterocycles. The number of hydrazone groups is 1. The number of aromatic nitrogens is 2. The smallest absolute Gasteiger partial charge is 0.744 e. The number of methoxy groups -OCH3 is 2. The van der Waals surface area contributed by atoms with Crippen LogP contribution in [-0.4, -0.2) is 99.4 Å². The van der Waals surface area contributed by atoms with Gasteiger partial charge in [0.15, 0.2) is 11.4 Å². The quantitative estimate of drug-likeness (QED) is 0.0613. The van der Waals surface area contributed by atoms with Gasteiger partial charge in [-0.05, 0) is 48.6 Å². The number of carbonyl (C=O) groups is 3. The number of H-pyrrole nitrogens is 1. The number of anilines is 1. The number of amides is 1. The fourth-order valence-corrected chi connectivity index (χ4v) is 6.70. The third-order valence-corrected chi connectivity index (χ3v) is 10.2. The van der Waals surface area contributed by atoms with Crippen LogP contribution in [0.15, 0.2) is 95.8 Å². The van der Waals surface area contributed by atoms with Crippen molar-refractivity contribution >= 4 is 75.8 Å². The zero-order valence-corrected chi connectivity index (χ0v) is 45.9. The molecule has 2 heterocycles. The van der Waals surface area contributed by atoms with Crippen LogP contribution in [0.5, 0.6) is 0 Å². The molecule has 1 N–H and O–H groups in total. The number of rotatable bonds is 11. The molecular weight excluding hydrogens is 953 g/mol. The van der Waals surface area contributed by atoms with Gasteiger partial charge in [0, 0.05) is 0 Å². The first-order valence-corrected chi connectivity index (χ1v) is 19.2. The van der Waals surface area contributed by atoms with Gasteiger partial charge in [-0.25, -0.2) is 47.9 Å². The van der Waals surface area contributed by atoms with Crippen molar-refractivity contribution in [2.75, 3.05) is 19.2 Å². The molecule has 1 amide bonds. The summed E-state index contributed by atoms with van der Waals surface area (Å²) in [7, 11) is -19.6. The molecule has 0 unspecified atom stereocenters. The minimum absolute atomic E-state index is 0. The first kappa shape index (κ1) is 57.9. The maximum atomic E-state index is 13.3. The topological polar surface area (TPSA) is 352 Å². The summed E-state index contributed by atoms with van der Waals surface area (Å²) in [6, 6.07) is 2.68. The predicted molar refractivity (Wildman–Crippen MR) is 169 cm³/mol. The normalized spacial score (nSPS) is 14.0. The molecule has 2 aromatic carbocycles. The van der Waals surface area contributed by atoms with Crippen LogP contribution in [0.1, 0.15) is 16.1 Å². The van der Waals surface area contributed by atoms with Crippen molar-refractivity contribution in [2.24, 2.45) is 5.10 Å². The van der Waals surface area contributed by atoms with Gasteiger partial charge in [0.2, 0.25) is 0 Å². The predicted octanol–water partition coefficient (Wildman–Crippen LogP) is -13.3. The molecule has 0 saturated heterocycles. The minimum atomic E-state index is -5.44. The second kappa shape index (κ2) is 23.0. The van der Waals surface area contributed by atoms with E-state index in [4.69, 9.17) is 0 Å². The second-order valence-corrected chi connectivity index (χ2v) is 15.4. The summed E-state index contributed by atoms with van der Waals surface area (Å²) in [6.07, 6.45) is 4.90. The molecule has 30 heteroatoms. The fraction of sp³-hybridized carbons (Fsp3) is 0.0741. The van der Waals surface area contributed by atoms with Gasteiger partial charge in [-0.1, -0.05) is 18.2 Å². The number of aromatic amines is 1. The Labute approximate surface area is 493 Å². The van der Waals surface area contributed by atoms with Crippen LogP contribution in [0.4, 0.5) is 5.69 Å². The molecular formula is C27H18K4N4O18S4. The minimum Gasteiger partial charge on any atom is -0.744 e. The van der Waals surface area contributed by atoms with Crippen molar-refractivity contribution in [2.45, 2.75) is 19.6 Å². The molecule has 0 spiro atoms. The molecule has 0 radical (unpaired) electrons. The molecule has 1 aliphatic heterocycles. The number of benzene rings is 2. The van der Waals surface area contributed by atoms with E-state index in [-0.39, 0.29) is 215 Å². The Morgan fingerprint density at radius 2 is 1.16 bits per heavy atom. The van der Waals surface area contributed by atoms with Gasteiger partial charge in [-0.2, -0.15) is 10.1 Å². The molecule has 0 saturated carbocycles. The van der Waals surface area contributed by atoms with E-state index in [1.54, 1.807) is 0 Å². The van der Waals surface area contributed by atoms with E-state index in [1.807, 2.05) is 0 Å². The second-order valence-electron chi connectivity index (χ2n) is 9.99. The Morgan fingerprint density at radius 1 is 0.684 bits per heavy atom. The molecule has 22 nitrogen and oxygen atoms in total. The van der Waals surface area contributed by atoms with Crippen molar-refractivity contribution < 1.29 is 281 Å². The Balaban J connectivity index is 0.00000784. The summed E-state index contributed by atoms with van der Waals surface area (Å²) >= 11 is 0. The van der Waals surface area contributed by atoms with Gasteiger partial charge in [0.05, 0.1) is 56.3 Å². The van der Waals surface area contributed by atoms with Crippen molar-refractivity contribution in [1.82, 2.24) is 9.78 Å². The number of hydrogen-bond acceptors (Lipinski definition) is 19. The standard InChI is InChI=1S/C27H22N4O18S4.4K/c1-48-26(34)22-16(24(32)30(28-22)18-12-14(50(36,37)38)8-10-20(18)52(42,43)44)6-4-3-5-7-17-23(27(35)49-2)29-31(25(17)33)19-13-15(51(39,40)41)9-11-21(19)53(45,46)47;;;;/h3-13,28H,1-2H3,(H,36,37,38)(H,39,40,41)(H,42,43,44)(H,45,46,47);;;;/q;4*+1/p-4/b5-3+,6-4+,17-7-;;;;. The molecule has 4 rings (SSSR count). The van der Waals surface area contributed by atoms with Crippen LogP contribution in [0, 0.1) is 0 Å². The number of esters is 2. The van der Waals surface area contributed by atoms with E-state index in [0.717, 1.165) is 44.6 Å². The Bertz CT molecular complexity index is 2740. The maximum Gasteiger partial charge on any atom is 1.00 e. The van der Waals surface area contributed by atoms with Gasteiger partial charge in [-0.15, -0.1) is 0 Å². The monoisotopic (exact) mass is 970 g/mol. The summed E-state index contributed by atoms with van der Waals surface area (Å²) in [5.41, 5.74) is -5.89. The zero-order chi connectivity index (χ0) is 39.8. The number of carbonyl (C=O) groups excluding carboxylic acids is 3. The number of nitrogens with one attached hydrogen (secondary N) is 1. The zero-order valence-electron chi connectivity index (χ0n) is 30.2. The van der Waals surface area contributed by atoms with Gasteiger partial charge in [-0.3, -0.25) is 14.7 Å². The molecule has 57 heavy (non-hydrogen) atoms. The van der Waals surface area contributed by atoms with E-state index in [9.17, 15) is 71.1 Å². The van der Waals surface area contributed by atoms with Gasteiger partial charge in [0.25, 0.3) is 11.5 Å². The number of hydrogen-bond donors (Lipinski definition) is 1. The number of nitrogens with zero attached hydrogens (tertiary/aromatic N) is 3. The van der Waals surface area contributed by atoms with Crippen LogP contribution in [0.3, 0.4) is 0 Å². The summed E-state index contributed by atoms with van der Waals surface area (Å²) in [4.78, 5) is 47.1. The molecule has 282 valence electrons. The average Bonchev–Trinajstić information content (AvgIpc) is 3.57. The summed E-state index contributed by atoms with van der Waals surface area (Å²) < 4.78 is 150. The first-order chi connectivity index (χ1) is 24.4. The van der Waals surface area contributed by atoms with Crippen molar-refractivity contribution in [3.63, 3.8) is 0 Å².